The Morgan fingerprint density at radius 3 is 2.16 bits per heavy atom. The highest BCUT2D eigenvalue weighted by Gasteiger charge is 2.06. The number of hydrogen-bond donors (Lipinski definition) is 1. The zero-order chi connectivity index (χ0) is 18.4. The fourth-order valence-corrected chi connectivity index (χ4v) is 2.82. The molecule has 132 valence electrons. The molecule has 8 heteroatoms. The van der Waals surface area contributed by atoms with Crippen LogP contribution in [0, 0.1) is 6.92 Å². The van der Waals surface area contributed by atoms with Gasteiger partial charge < -0.3 is 8.74 Å². The molecule has 0 spiro atoms. The molecule has 3 aromatic carbocycles. The van der Waals surface area contributed by atoms with Crippen molar-refractivity contribution in [2.45, 2.75) is 11.8 Å². The number of fused-ring (bicyclic) bond motifs is 1. The van der Waals surface area contributed by atoms with Gasteiger partial charge in [0, 0.05) is 5.39 Å². The summed E-state index contributed by atoms with van der Waals surface area (Å²) in [7, 11) is -4.02. The smallest absolute Gasteiger partial charge is 0.294 e. The standard InChI is InChI=1S/C10H8O3S.C7H8O3S/c11-14(12)13-10-7-3-5-8-4-1-2-6-9(8)10;1-6-2-4-7(5-3-6)11(8,9)10/h1-7H,(H,11,12);2-5H,1H3,(H,8,9,10)/p-1. The first-order valence-electron chi connectivity index (χ1n) is 7.07. The highest BCUT2D eigenvalue weighted by Crippen LogP contribution is 2.25. The molecule has 1 atom stereocenters. The largest absolute Gasteiger partial charge is 0.740 e. The van der Waals surface area contributed by atoms with Crippen LogP contribution in [0.3, 0.4) is 0 Å². The van der Waals surface area contributed by atoms with E-state index in [2.05, 4.69) is 4.18 Å². The highest BCUT2D eigenvalue weighted by atomic mass is 32.2. The third kappa shape index (κ3) is 5.64. The molecule has 3 aromatic rings. The van der Waals surface area contributed by atoms with E-state index in [-0.39, 0.29) is 4.90 Å². The van der Waals surface area contributed by atoms with Crippen molar-refractivity contribution >= 4 is 32.3 Å². The van der Waals surface area contributed by atoms with E-state index in [4.69, 9.17) is 4.55 Å². The van der Waals surface area contributed by atoms with Gasteiger partial charge in [-0.25, -0.2) is 4.21 Å². The van der Waals surface area contributed by atoms with Gasteiger partial charge in [0.25, 0.3) is 10.1 Å². The molecule has 0 aliphatic carbocycles. The average Bonchev–Trinajstić information content (AvgIpc) is 2.55. The van der Waals surface area contributed by atoms with Crippen LogP contribution in [0.25, 0.3) is 10.8 Å². The Morgan fingerprint density at radius 2 is 1.56 bits per heavy atom. The molecular formula is C17H15O6S2-. The van der Waals surface area contributed by atoms with Crippen LogP contribution in [-0.4, -0.2) is 21.7 Å². The van der Waals surface area contributed by atoms with E-state index in [9.17, 15) is 17.2 Å². The van der Waals surface area contributed by atoms with Crippen molar-refractivity contribution in [3.8, 4) is 5.75 Å². The summed E-state index contributed by atoms with van der Waals surface area (Å²) in [4.78, 5) is -0.0666. The summed E-state index contributed by atoms with van der Waals surface area (Å²) >= 11 is -2.52. The normalized spacial score (nSPS) is 12.1. The Kier molecular flexibility index (Phi) is 6.27. The van der Waals surface area contributed by atoms with Crippen molar-refractivity contribution < 1.29 is 25.9 Å². The average molecular weight is 379 g/mol. The molecule has 0 amide bonds. The first-order chi connectivity index (χ1) is 11.8. The number of hydrogen-bond acceptors (Lipinski definition) is 5. The van der Waals surface area contributed by atoms with Gasteiger partial charge in [0.2, 0.25) is 0 Å². The first kappa shape index (κ1) is 19.1. The molecule has 0 saturated heterocycles. The van der Waals surface area contributed by atoms with Crippen molar-refractivity contribution in [3.63, 3.8) is 0 Å². The second kappa shape index (κ2) is 8.21. The first-order valence-corrected chi connectivity index (χ1v) is 9.51. The minimum Gasteiger partial charge on any atom is -0.740 e. The molecule has 0 radical (unpaired) electrons. The van der Waals surface area contributed by atoms with E-state index in [1.54, 1.807) is 24.3 Å². The summed E-state index contributed by atoms with van der Waals surface area (Å²) in [5.41, 5.74) is 0.956. The number of aryl methyl sites for hydroxylation is 1. The van der Waals surface area contributed by atoms with Crippen molar-refractivity contribution in [1.82, 2.24) is 0 Å². The molecule has 0 aliphatic rings. The zero-order valence-electron chi connectivity index (χ0n) is 13.2. The lowest BCUT2D eigenvalue weighted by Crippen LogP contribution is -1.98. The van der Waals surface area contributed by atoms with Gasteiger partial charge in [-0.05, 0) is 30.5 Å². The van der Waals surface area contributed by atoms with Gasteiger partial charge in [0.15, 0.2) is 0 Å². The van der Waals surface area contributed by atoms with Crippen molar-refractivity contribution in [1.29, 1.82) is 0 Å². The Hall–Kier alpha value is -2.26. The molecule has 25 heavy (non-hydrogen) atoms. The van der Waals surface area contributed by atoms with Gasteiger partial charge in [-0.3, -0.25) is 4.55 Å². The minimum absolute atomic E-state index is 0.0666. The van der Waals surface area contributed by atoms with E-state index in [1.165, 1.54) is 12.1 Å². The van der Waals surface area contributed by atoms with Crippen LogP contribution in [0.1, 0.15) is 5.56 Å². The van der Waals surface area contributed by atoms with Crippen LogP contribution >= 0.6 is 0 Å². The van der Waals surface area contributed by atoms with Gasteiger partial charge in [-0.1, -0.05) is 54.1 Å². The molecule has 3 rings (SSSR count). The van der Waals surface area contributed by atoms with E-state index in [0.29, 0.717) is 5.75 Å². The third-order valence-electron chi connectivity index (χ3n) is 3.23. The Balaban J connectivity index is 0.000000186. The van der Waals surface area contributed by atoms with E-state index < -0.39 is 21.5 Å². The molecule has 0 fully saturated rings. The van der Waals surface area contributed by atoms with Crippen LogP contribution in [0.4, 0.5) is 0 Å². The summed E-state index contributed by atoms with van der Waals surface area (Å²) in [6, 6.07) is 18.7. The summed E-state index contributed by atoms with van der Waals surface area (Å²) in [6.45, 7) is 1.84. The van der Waals surface area contributed by atoms with Gasteiger partial charge in [-0.15, -0.1) is 0 Å². The van der Waals surface area contributed by atoms with Crippen LogP contribution in [0.15, 0.2) is 71.6 Å². The Morgan fingerprint density at radius 1 is 0.960 bits per heavy atom. The summed E-state index contributed by atoms with van der Waals surface area (Å²) in [5.74, 6) is 0.358. The quantitative estimate of drug-likeness (QED) is 0.553. The van der Waals surface area contributed by atoms with E-state index in [1.807, 2.05) is 37.3 Å². The second-order valence-corrected chi connectivity index (χ2v) is 7.05. The lowest BCUT2D eigenvalue weighted by atomic mass is 10.1. The van der Waals surface area contributed by atoms with Gasteiger partial charge in [-0.2, -0.15) is 8.42 Å². The van der Waals surface area contributed by atoms with Crippen LogP contribution < -0.4 is 4.18 Å². The molecule has 0 bridgehead atoms. The molecule has 0 heterocycles. The topological polar surface area (TPSA) is 104 Å². The summed E-state index contributed by atoms with van der Waals surface area (Å²) < 4.78 is 55.0. The Bertz CT molecular complexity index is 976. The van der Waals surface area contributed by atoms with E-state index in [0.717, 1.165) is 16.3 Å². The number of rotatable bonds is 3. The SMILES string of the molecule is Cc1ccc(S(=O)(=O)O)cc1.O=S([O-])Oc1cccc2ccccc12. The molecule has 0 saturated carbocycles. The van der Waals surface area contributed by atoms with Crippen LogP contribution in [0.2, 0.25) is 0 Å². The highest BCUT2D eigenvalue weighted by molar-refractivity contribution is 7.85. The Labute approximate surface area is 148 Å². The van der Waals surface area contributed by atoms with Crippen molar-refractivity contribution in [2.24, 2.45) is 0 Å². The van der Waals surface area contributed by atoms with Crippen molar-refractivity contribution in [3.05, 3.63) is 72.3 Å². The monoisotopic (exact) mass is 379 g/mol. The molecule has 1 unspecified atom stereocenters. The molecular weight excluding hydrogens is 364 g/mol. The van der Waals surface area contributed by atoms with Gasteiger partial charge in [0.1, 0.15) is 17.1 Å². The van der Waals surface area contributed by atoms with Gasteiger partial charge in [0.05, 0.1) is 4.90 Å². The zero-order valence-corrected chi connectivity index (χ0v) is 14.8. The molecule has 0 aromatic heterocycles. The summed E-state index contributed by atoms with van der Waals surface area (Å²) in [5, 5.41) is 1.75. The molecule has 0 aliphatic heterocycles. The second-order valence-electron chi connectivity index (χ2n) is 5.05. The summed E-state index contributed by atoms with van der Waals surface area (Å²) in [6.07, 6.45) is 0. The van der Waals surface area contributed by atoms with Crippen molar-refractivity contribution in [2.75, 3.05) is 0 Å². The maximum Gasteiger partial charge on any atom is 0.294 e. The lowest BCUT2D eigenvalue weighted by molar-refractivity contribution is 0.442. The molecule has 6 nitrogen and oxygen atoms in total. The van der Waals surface area contributed by atoms with E-state index >= 15 is 0 Å². The maximum atomic E-state index is 10.5. The fourth-order valence-electron chi connectivity index (χ4n) is 2.05. The fraction of sp³-hybridized carbons (Fsp3) is 0.0588. The predicted octanol–water partition coefficient (Wildman–Crippen LogP) is 3.25. The third-order valence-corrected chi connectivity index (χ3v) is 4.41. The van der Waals surface area contributed by atoms with Gasteiger partial charge >= 0.3 is 0 Å². The van der Waals surface area contributed by atoms with Crippen LogP contribution in [0.5, 0.6) is 5.75 Å². The lowest BCUT2D eigenvalue weighted by Gasteiger charge is -2.09. The predicted molar refractivity (Wildman–Crippen MR) is 94.5 cm³/mol. The molecule has 1 N–H and O–H groups in total. The maximum absolute atomic E-state index is 10.5. The van der Waals surface area contributed by atoms with Crippen LogP contribution in [-0.2, 0) is 21.5 Å². The number of benzene rings is 3. The minimum atomic E-state index is -4.02.